The highest BCUT2D eigenvalue weighted by Crippen LogP contribution is 2.25. The van der Waals surface area contributed by atoms with Crippen molar-refractivity contribution in [3.8, 4) is 0 Å². The van der Waals surface area contributed by atoms with E-state index >= 15 is 0 Å². The van der Waals surface area contributed by atoms with Crippen molar-refractivity contribution < 1.29 is 4.79 Å². The van der Waals surface area contributed by atoms with Crippen LogP contribution in [0, 0.1) is 0 Å². The number of imidazole rings is 1. The summed E-state index contributed by atoms with van der Waals surface area (Å²) in [5.74, 6) is 0.220. The Bertz CT molecular complexity index is 389. The molecule has 0 aliphatic carbocycles. The van der Waals surface area contributed by atoms with E-state index in [1.54, 1.807) is 6.26 Å². The number of thioether (sulfide) groups is 1. The molecule has 8 heteroatoms. The van der Waals surface area contributed by atoms with Crippen molar-refractivity contribution in [3.05, 3.63) is 15.0 Å². The van der Waals surface area contributed by atoms with Gasteiger partial charge in [0.1, 0.15) is 15.5 Å². The second-order valence-corrected chi connectivity index (χ2v) is 4.37. The number of nitrogens with zero attached hydrogens (tertiary/aromatic N) is 3. The van der Waals surface area contributed by atoms with Crippen molar-refractivity contribution in [2.75, 3.05) is 6.26 Å². The number of halogens is 2. The first-order valence-corrected chi connectivity index (χ1v) is 6.19. The Morgan fingerprint density at radius 2 is 2.36 bits per heavy atom. The molecule has 2 N–H and O–H groups in total. The number of hydrogen-bond acceptors (Lipinski definition) is 4. The monoisotopic (exact) mass is 340 g/mol. The molecule has 0 aliphatic heterocycles. The zero-order chi connectivity index (χ0) is 10.7. The molecule has 14 heavy (non-hydrogen) atoms. The number of carbonyl (C=O) groups is 1. The molecule has 0 saturated heterocycles. The standard InChI is InChI=1S/C6H6Br2N4OS/c1-14-6(13)5-11-3(7)4(8)12(5)10-2-9/h2H,1H3,(H2,9,10). The van der Waals surface area contributed by atoms with Gasteiger partial charge in [-0.05, 0) is 38.1 Å². The first kappa shape index (κ1) is 11.7. The van der Waals surface area contributed by atoms with Crippen LogP contribution in [0.3, 0.4) is 0 Å². The van der Waals surface area contributed by atoms with E-state index in [9.17, 15) is 4.79 Å². The summed E-state index contributed by atoms with van der Waals surface area (Å²) >= 11 is 7.46. The van der Waals surface area contributed by atoms with E-state index in [0.717, 1.165) is 18.1 Å². The molecule has 1 rings (SSSR count). The fourth-order valence-corrected chi connectivity index (χ4v) is 1.76. The summed E-state index contributed by atoms with van der Waals surface area (Å²) in [6.45, 7) is 0. The van der Waals surface area contributed by atoms with Gasteiger partial charge in [0, 0.05) is 0 Å². The maximum absolute atomic E-state index is 11.4. The maximum Gasteiger partial charge on any atom is 0.256 e. The van der Waals surface area contributed by atoms with Crippen LogP contribution >= 0.6 is 43.6 Å². The van der Waals surface area contributed by atoms with Gasteiger partial charge in [0.15, 0.2) is 0 Å². The van der Waals surface area contributed by atoms with Crippen LogP contribution in [0.15, 0.2) is 14.3 Å². The Kier molecular flexibility index (Phi) is 4.14. The van der Waals surface area contributed by atoms with Gasteiger partial charge in [-0.25, -0.2) is 4.98 Å². The lowest BCUT2D eigenvalue weighted by molar-refractivity contribution is 0.107. The first-order chi connectivity index (χ1) is 6.61. The van der Waals surface area contributed by atoms with Crippen LogP contribution in [-0.4, -0.2) is 27.4 Å². The lowest BCUT2D eigenvalue weighted by Gasteiger charge is -1.98. The quantitative estimate of drug-likeness (QED) is 0.655. The summed E-state index contributed by atoms with van der Waals surface area (Å²) in [5.41, 5.74) is 5.15. The van der Waals surface area contributed by atoms with E-state index in [1.165, 1.54) is 4.68 Å². The number of carbonyl (C=O) groups excluding carboxylic acids is 1. The topological polar surface area (TPSA) is 73.3 Å². The van der Waals surface area contributed by atoms with Crippen molar-refractivity contribution in [1.29, 1.82) is 0 Å². The fourth-order valence-electron chi connectivity index (χ4n) is 0.762. The van der Waals surface area contributed by atoms with Crippen molar-refractivity contribution in [2.24, 2.45) is 10.8 Å². The summed E-state index contributed by atoms with van der Waals surface area (Å²) in [4.78, 5) is 15.4. The van der Waals surface area contributed by atoms with Crippen molar-refractivity contribution in [3.63, 3.8) is 0 Å². The minimum atomic E-state index is -0.179. The van der Waals surface area contributed by atoms with E-state index in [4.69, 9.17) is 5.73 Å². The molecule has 0 unspecified atom stereocenters. The summed E-state index contributed by atoms with van der Waals surface area (Å²) in [5, 5.41) is 3.61. The Balaban J connectivity index is 3.28. The Labute approximate surface area is 101 Å². The van der Waals surface area contributed by atoms with Gasteiger partial charge in [-0.2, -0.15) is 9.78 Å². The molecule has 0 aliphatic rings. The third kappa shape index (κ3) is 2.18. The molecular weight excluding hydrogens is 336 g/mol. The Morgan fingerprint density at radius 1 is 1.71 bits per heavy atom. The van der Waals surface area contributed by atoms with Crippen molar-refractivity contribution >= 4 is 55.1 Å². The number of aromatic nitrogens is 2. The number of hydrogen-bond donors (Lipinski definition) is 1. The lowest BCUT2D eigenvalue weighted by atomic mass is 10.7. The number of rotatable bonds is 2. The van der Waals surface area contributed by atoms with E-state index in [1.807, 2.05) is 0 Å². The molecule has 0 spiro atoms. The first-order valence-electron chi connectivity index (χ1n) is 3.38. The van der Waals surface area contributed by atoms with Crippen molar-refractivity contribution in [2.45, 2.75) is 0 Å². The minimum Gasteiger partial charge on any atom is -0.388 e. The molecule has 0 saturated carbocycles. The summed E-state index contributed by atoms with van der Waals surface area (Å²) < 4.78 is 2.39. The highest BCUT2D eigenvalue weighted by atomic mass is 79.9. The summed E-state index contributed by atoms with van der Waals surface area (Å²) in [6.07, 6.45) is 2.77. The van der Waals surface area contributed by atoms with Crippen LogP contribution < -0.4 is 5.73 Å². The SMILES string of the molecule is CSC(=O)c1nc(Br)c(Br)n1/N=C\N. The second-order valence-electron chi connectivity index (χ2n) is 2.08. The van der Waals surface area contributed by atoms with Crippen LogP contribution in [0.4, 0.5) is 0 Å². The lowest BCUT2D eigenvalue weighted by Crippen LogP contribution is -2.05. The molecule has 0 amide bonds. The molecule has 1 aromatic rings. The Morgan fingerprint density at radius 3 is 2.86 bits per heavy atom. The molecule has 5 nitrogen and oxygen atoms in total. The zero-order valence-electron chi connectivity index (χ0n) is 7.07. The van der Waals surface area contributed by atoms with Crippen LogP contribution in [-0.2, 0) is 0 Å². The maximum atomic E-state index is 11.4. The average Bonchev–Trinajstić information content (AvgIpc) is 2.45. The summed E-state index contributed by atoms with van der Waals surface area (Å²) in [6, 6.07) is 0. The molecule has 0 fully saturated rings. The van der Waals surface area contributed by atoms with Gasteiger partial charge in [-0.3, -0.25) is 4.79 Å². The Hall–Kier alpha value is -0.340. The molecule has 0 atom stereocenters. The molecule has 1 heterocycles. The van der Waals surface area contributed by atoms with Gasteiger partial charge in [0.2, 0.25) is 5.82 Å². The highest BCUT2D eigenvalue weighted by molar-refractivity contribution is 9.13. The minimum absolute atomic E-state index is 0.179. The van der Waals surface area contributed by atoms with Crippen LogP contribution in [0.1, 0.15) is 10.6 Å². The normalized spacial score (nSPS) is 11.1. The van der Waals surface area contributed by atoms with Gasteiger partial charge in [-0.15, -0.1) is 0 Å². The largest absolute Gasteiger partial charge is 0.388 e. The molecule has 0 bridgehead atoms. The highest BCUT2D eigenvalue weighted by Gasteiger charge is 2.18. The molecule has 0 aromatic carbocycles. The predicted octanol–water partition coefficient (Wildman–Crippen LogP) is 1.66. The molecular formula is C6H6Br2N4OS. The smallest absolute Gasteiger partial charge is 0.256 e. The molecule has 1 aromatic heterocycles. The average molecular weight is 342 g/mol. The van der Waals surface area contributed by atoms with Crippen LogP contribution in [0.25, 0.3) is 0 Å². The van der Waals surface area contributed by atoms with E-state index in [-0.39, 0.29) is 10.9 Å². The molecule has 76 valence electrons. The third-order valence-electron chi connectivity index (χ3n) is 1.31. The second kappa shape index (κ2) is 4.94. The van der Waals surface area contributed by atoms with Gasteiger partial charge < -0.3 is 5.73 Å². The van der Waals surface area contributed by atoms with Gasteiger partial charge in [0.05, 0.1) is 0 Å². The number of nitrogens with two attached hydrogens (primary N) is 1. The third-order valence-corrected chi connectivity index (χ3v) is 3.66. The summed E-state index contributed by atoms with van der Waals surface area (Å²) in [7, 11) is 0. The van der Waals surface area contributed by atoms with Gasteiger partial charge in [0.25, 0.3) is 5.12 Å². The van der Waals surface area contributed by atoms with E-state index in [0.29, 0.717) is 9.21 Å². The predicted molar refractivity (Wildman–Crippen MR) is 63.5 cm³/mol. The van der Waals surface area contributed by atoms with Crippen molar-refractivity contribution in [1.82, 2.24) is 9.66 Å². The van der Waals surface area contributed by atoms with E-state index in [2.05, 4.69) is 41.9 Å². The van der Waals surface area contributed by atoms with E-state index < -0.39 is 0 Å². The van der Waals surface area contributed by atoms with Crippen LogP contribution in [0.2, 0.25) is 0 Å². The zero-order valence-corrected chi connectivity index (χ0v) is 11.1. The van der Waals surface area contributed by atoms with Gasteiger partial charge >= 0.3 is 0 Å². The van der Waals surface area contributed by atoms with Crippen LogP contribution in [0.5, 0.6) is 0 Å². The molecule has 0 radical (unpaired) electrons. The fraction of sp³-hybridized carbons (Fsp3) is 0.167. The van der Waals surface area contributed by atoms with Gasteiger partial charge in [-0.1, -0.05) is 11.8 Å².